The molecule has 1 aliphatic carbocycles. The third-order valence-electron chi connectivity index (χ3n) is 5.26. The van der Waals surface area contributed by atoms with Crippen molar-refractivity contribution in [3.63, 3.8) is 0 Å². The van der Waals surface area contributed by atoms with Gasteiger partial charge in [-0.05, 0) is 30.2 Å². The summed E-state index contributed by atoms with van der Waals surface area (Å²) < 4.78 is 40.5. The number of amides is 1. The first-order valence-electron chi connectivity index (χ1n) is 7.95. The minimum atomic E-state index is -1.55. The number of carbonyl (C=O) groups is 1. The van der Waals surface area contributed by atoms with E-state index in [0.717, 1.165) is 36.7 Å². The molecule has 2 aromatic rings. The first kappa shape index (κ1) is 17.2. The Morgan fingerprint density at radius 2 is 2.04 bits per heavy atom. The Morgan fingerprint density at radius 1 is 1.33 bits per heavy atom. The average molecular weight is 356 g/mol. The summed E-state index contributed by atoms with van der Waals surface area (Å²) in [5.74, 6) is -4.26. The lowest BCUT2D eigenvalue weighted by atomic mass is 9.64. The molecular weight excluding hydrogens is 337 g/mol. The Hall–Kier alpha value is -1.63. The highest BCUT2D eigenvalue weighted by Gasteiger charge is 2.39. The highest BCUT2D eigenvalue weighted by Crippen LogP contribution is 2.44. The predicted octanol–water partition coefficient (Wildman–Crippen LogP) is 5.11. The van der Waals surface area contributed by atoms with Gasteiger partial charge in [-0.1, -0.05) is 38.5 Å². The molecule has 1 fully saturated rings. The van der Waals surface area contributed by atoms with E-state index in [1.807, 2.05) is 0 Å². The predicted molar refractivity (Wildman–Crippen MR) is 88.4 cm³/mol. The fraction of sp³-hybridized carbons (Fsp3) is 0.529. The summed E-state index contributed by atoms with van der Waals surface area (Å²) in [5, 5.41) is 2.85. The fourth-order valence-corrected chi connectivity index (χ4v) is 4.28. The van der Waals surface area contributed by atoms with Gasteiger partial charge in [-0.15, -0.1) is 0 Å². The van der Waals surface area contributed by atoms with Gasteiger partial charge in [0.05, 0.1) is 4.70 Å². The Morgan fingerprint density at radius 3 is 2.75 bits per heavy atom. The molecule has 7 heteroatoms. The second-order valence-corrected chi connectivity index (χ2v) is 8.15. The smallest absolute Gasteiger partial charge is 0.229 e. The van der Waals surface area contributed by atoms with Crippen molar-refractivity contribution in [3.05, 3.63) is 23.5 Å². The molecule has 24 heavy (non-hydrogen) atoms. The summed E-state index contributed by atoms with van der Waals surface area (Å²) in [6.07, 6.45) is 2.84. The molecule has 0 bridgehead atoms. The fourth-order valence-electron chi connectivity index (χ4n) is 3.38. The van der Waals surface area contributed by atoms with Crippen LogP contribution in [0.3, 0.4) is 0 Å². The number of rotatable bonds is 2. The molecule has 2 atom stereocenters. The van der Waals surface area contributed by atoms with Gasteiger partial charge < -0.3 is 5.32 Å². The van der Waals surface area contributed by atoms with Crippen LogP contribution >= 0.6 is 11.3 Å². The number of aromatic nitrogens is 1. The molecule has 1 aromatic carbocycles. The van der Waals surface area contributed by atoms with E-state index >= 15 is 0 Å². The van der Waals surface area contributed by atoms with Crippen LogP contribution in [0.1, 0.15) is 40.0 Å². The third-order valence-corrected chi connectivity index (χ3v) is 6.18. The summed E-state index contributed by atoms with van der Waals surface area (Å²) in [6, 6.07) is 0.896. The molecule has 3 rings (SSSR count). The van der Waals surface area contributed by atoms with E-state index in [-0.39, 0.29) is 38.5 Å². The van der Waals surface area contributed by atoms with Crippen molar-refractivity contribution in [1.29, 1.82) is 0 Å². The van der Waals surface area contributed by atoms with Gasteiger partial charge in [0, 0.05) is 5.92 Å². The van der Waals surface area contributed by atoms with E-state index in [2.05, 4.69) is 31.1 Å². The monoisotopic (exact) mass is 356 g/mol. The zero-order chi connectivity index (χ0) is 17.6. The standard InChI is InChI=1S/C17H19F3N2OS/c1-8-9(5-4-6-17(8,2)3)15(23)22-16-21-14-11(24-16)7-10(18)12(19)13(14)20/h7-9H,4-6H2,1-3H3,(H,21,22,23). The second-order valence-electron chi connectivity index (χ2n) is 7.12. The molecule has 2 unspecified atom stereocenters. The Balaban J connectivity index is 1.85. The molecule has 1 aliphatic rings. The van der Waals surface area contributed by atoms with Crippen molar-refractivity contribution in [3.8, 4) is 0 Å². The minimum absolute atomic E-state index is 0.0756. The minimum Gasteiger partial charge on any atom is -0.302 e. The molecule has 1 amide bonds. The van der Waals surface area contributed by atoms with Crippen LogP contribution in [0.25, 0.3) is 10.2 Å². The van der Waals surface area contributed by atoms with Gasteiger partial charge in [0.2, 0.25) is 5.91 Å². The average Bonchev–Trinajstić information content (AvgIpc) is 2.90. The van der Waals surface area contributed by atoms with Crippen molar-refractivity contribution >= 4 is 32.6 Å². The Kier molecular flexibility index (Phi) is 4.32. The molecular formula is C17H19F3N2OS. The summed E-state index contributed by atoms with van der Waals surface area (Å²) in [4.78, 5) is 16.5. The number of halogens is 3. The maximum atomic E-state index is 13.7. The normalized spacial score (nSPS) is 23.4. The summed E-state index contributed by atoms with van der Waals surface area (Å²) >= 11 is 0.938. The van der Waals surface area contributed by atoms with E-state index in [0.29, 0.717) is 0 Å². The summed E-state index contributed by atoms with van der Waals surface area (Å²) in [6.45, 7) is 6.36. The first-order valence-corrected chi connectivity index (χ1v) is 8.77. The largest absolute Gasteiger partial charge is 0.302 e. The number of carbonyl (C=O) groups excluding carboxylic acids is 1. The van der Waals surface area contributed by atoms with Crippen molar-refractivity contribution in [2.75, 3.05) is 5.32 Å². The SMILES string of the molecule is CC1C(C(=O)Nc2nc3c(F)c(F)c(F)cc3s2)CCCC1(C)C. The van der Waals surface area contributed by atoms with Crippen LogP contribution < -0.4 is 5.32 Å². The number of nitrogens with zero attached hydrogens (tertiary/aromatic N) is 1. The topological polar surface area (TPSA) is 42.0 Å². The van der Waals surface area contributed by atoms with E-state index < -0.39 is 17.5 Å². The van der Waals surface area contributed by atoms with Gasteiger partial charge in [-0.2, -0.15) is 0 Å². The van der Waals surface area contributed by atoms with Gasteiger partial charge in [-0.25, -0.2) is 18.2 Å². The van der Waals surface area contributed by atoms with Crippen molar-refractivity contribution in [2.45, 2.75) is 40.0 Å². The molecule has 0 saturated heterocycles. The maximum absolute atomic E-state index is 13.7. The number of thiazole rings is 1. The lowest BCUT2D eigenvalue weighted by molar-refractivity contribution is -0.124. The lowest BCUT2D eigenvalue weighted by Crippen LogP contribution is -2.39. The van der Waals surface area contributed by atoms with Gasteiger partial charge in [0.15, 0.2) is 22.6 Å². The van der Waals surface area contributed by atoms with Crippen LogP contribution in [0, 0.1) is 34.7 Å². The molecule has 0 aliphatic heterocycles. The zero-order valence-corrected chi connectivity index (χ0v) is 14.6. The highest BCUT2D eigenvalue weighted by molar-refractivity contribution is 7.22. The number of hydrogen-bond acceptors (Lipinski definition) is 3. The van der Waals surface area contributed by atoms with E-state index in [1.165, 1.54) is 0 Å². The molecule has 130 valence electrons. The van der Waals surface area contributed by atoms with Crippen molar-refractivity contribution in [1.82, 2.24) is 4.98 Å². The number of hydrogen-bond donors (Lipinski definition) is 1. The van der Waals surface area contributed by atoms with Gasteiger partial charge in [-0.3, -0.25) is 4.79 Å². The van der Waals surface area contributed by atoms with Gasteiger partial charge >= 0.3 is 0 Å². The Bertz CT molecular complexity index is 803. The van der Waals surface area contributed by atoms with Crippen molar-refractivity contribution in [2.24, 2.45) is 17.3 Å². The molecule has 0 radical (unpaired) electrons. The highest BCUT2D eigenvalue weighted by atomic mass is 32.1. The molecule has 3 nitrogen and oxygen atoms in total. The zero-order valence-electron chi connectivity index (χ0n) is 13.8. The summed E-state index contributed by atoms with van der Waals surface area (Å²) in [7, 11) is 0. The number of anilines is 1. The van der Waals surface area contributed by atoms with E-state index in [9.17, 15) is 18.0 Å². The molecule has 1 heterocycles. The van der Waals surface area contributed by atoms with Crippen LogP contribution in [0.2, 0.25) is 0 Å². The van der Waals surface area contributed by atoms with Crippen LogP contribution in [-0.2, 0) is 4.79 Å². The molecule has 1 aromatic heterocycles. The number of nitrogens with one attached hydrogen (secondary N) is 1. The second kappa shape index (κ2) is 6.02. The Labute approximate surface area is 142 Å². The van der Waals surface area contributed by atoms with Gasteiger partial charge in [0.1, 0.15) is 5.52 Å². The van der Waals surface area contributed by atoms with Crippen LogP contribution in [0.15, 0.2) is 6.07 Å². The lowest BCUT2D eigenvalue weighted by Gasteiger charge is -2.41. The maximum Gasteiger partial charge on any atom is 0.229 e. The summed E-state index contributed by atoms with van der Waals surface area (Å²) in [5.41, 5.74) is -0.183. The van der Waals surface area contributed by atoms with Crippen LogP contribution in [0.4, 0.5) is 18.3 Å². The quantitative estimate of drug-likeness (QED) is 0.760. The van der Waals surface area contributed by atoms with Gasteiger partial charge in [0.25, 0.3) is 0 Å². The van der Waals surface area contributed by atoms with Crippen LogP contribution in [-0.4, -0.2) is 10.9 Å². The molecule has 0 spiro atoms. The number of fused-ring (bicyclic) bond motifs is 1. The first-order chi connectivity index (χ1) is 11.2. The molecule has 1 N–H and O–H groups in total. The van der Waals surface area contributed by atoms with Crippen molar-refractivity contribution < 1.29 is 18.0 Å². The molecule has 1 saturated carbocycles. The van der Waals surface area contributed by atoms with E-state index in [4.69, 9.17) is 0 Å². The number of benzene rings is 1. The van der Waals surface area contributed by atoms with Crippen LogP contribution in [0.5, 0.6) is 0 Å². The van der Waals surface area contributed by atoms with E-state index in [1.54, 1.807) is 0 Å². The third kappa shape index (κ3) is 2.90.